The molecule has 0 saturated carbocycles. The molecular formula is C28H34N6O3. The van der Waals surface area contributed by atoms with E-state index in [2.05, 4.69) is 15.3 Å². The Morgan fingerprint density at radius 1 is 1.05 bits per heavy atom. The number of methoxy groups -OCH3 is 1. The Hall–Kier alpha value is -4.14. The lowest BCUT2D eigenvalue weighted by atomic mass is 9.98. The summed E-state index contributed by atoms with van der Waals surface area (Å²) >= 11 is 0. The van der Waals surface area contributed by atoms with Crippen molar-refractivity contribution in [1.82, 2.24) is 29.8 Å². The van der Waals surface area contributed by atoms with E-state index in [9.17, 15) is 9.59 Å². The van der Waals surface area contributed by atoms with Gasteiger partial charge in [-0.25, -0.2) is 0 Å². The molecule has 2 aromatic carbocycles. The highest BCUT2D eigenvalue weighted by Crippen LogP contribution is 2.35. The average Bonchev–Trinajstić information content (AvgIpc) is 3.64. The molecule has 2 amide bonds. The topological polar surface area (TPSA) is 96.3 Å². The maximum Gasteiger partial charge on any atom is 0.253 e. The minimum Gasteiger partial charge on any atom is -0.496 e. The number of hydrogen-bond acceptors (Lipinski definition) is 5. The summed E-state index contributed by atoms with van der Waals surface area (Å²) in [4.78, 5) is 30.9. The van der Waals surface area contributed by atoms with Crippen LogP contribution in [0.4, 0.5) is 0 Å². The summed E-state index contributed by atoms with van der Waals surface area (Å²) in [5.41, 5.74) is 3.59. The fraction of sp³-hybridized carbons (Fsp3) is 0.357. The number of aromatic nitrogens is 4. The highest BCUT2D eigenvalue weighted by Gasteiger charge is 2.17. The van der Waals surface area contributed by atoms with Gasteiger partial charge in [-0.05, 0) is 43.5 Å². The Kier molecular flexibility index (Phi) is 8.56. The molecule has 1 N–H and O–H groups in total. The Morgan fingerprint density at radius 2 is 1.84 bits per heavy atom. The van der Waals surface area contributed by atoms with Gasteiger partial charge >= 0.3 is 0 Å². The van der Waals surface area contributed by atoms with Crippen LogP contribution < -0.4 is 4.74 Å². The van der Waals surface area contributed by atoms with Crippen LogP contribution in [0.15, 0.2) is 61.1 Å². The van der Waals surface area contributed by atoms with Gasteiger partial charge in [0.1, 0.15) is 5.75 Å². The van der Waals surface area contributed by atoms with E-state index in [4.69, 9.17) is 4.74 Å². The van der Waals surface area contributed by atoms with Crippen molar-refractivity contribution in [2.75, 3.05) is 34.3 Å². The van der Waals surface area contributed by atoms with Gasteiger partial charge in [-0.1, -0.05) is 23.4 Å². The van der Waals surface area contributed by atoms with Gasteiger partial charge in [-0.2, -0.15) is 0 Å². The highest BCUT2D eigenvalue weighted by molar-refractivity contribution is 6.04. The van der Waals surface area contributed by atoms with Gasteiger partial charge in [0.2, 0.25) is 5.91 Å². The molecule has 194 valence electrons. The number of para-hydroxylation sites is 1. The van der Waals surface area contributed by atoms with Gasteiger partial charge in [-0.15, -0.1) is 5.10 Å². The second-order valence-corrected chi connectivity index (χ2v) is 9.22. The van der Waals surface area contributed by atoms with E-state index in [1.165, 1.54) is 6.42 Å². The van der Waals surface area contributed by atoms with E-state index < -0.39 is 0 Å². The number of H-pyrrole nitrogens is 1. The smallest absolute Gasteiger partial charge is 0.253 e. The molecule has 0 spiro atoms. The van der Waals surface area contributed by atoms with E-state index in [1.54, 1.807) is 43.2 Å². The molecule has 0 bridgehead atoms. The molecule has 1 aliphatic heterocycles. The van der Waals surface area contributed by atoms with Gasteiger partial charge in [0.05, 0.1) is 25.4 Å². The minimum absolute atomic E-state index is 0.0146. The van der Waals surface area contributed by atoms with Crippen LogP contribution in [0.3, 0.4) is 0 Å². The van der Waals surface area contributed by atoms with Gasteiger partial charge in [-0.3, -0.25) is 14.3 Å². The second kappa shape index (κ2) is 12.2. The molecule has 2 aromatic heterocycles. The summed E-state index contributed by atoms with van der Waals surface area (Å²) in [5, 5.41) is 8.54. The molecule has 9 nitrogen and oxygen atoms in total. The molecule has 1 aliphatic rings. The lowest BCUT2D eigenvalue weighted by Crippen LogP contribution is -2.36. The SMILES string of the molecule is COc1ccccc1-c1cc(C(=O)N(C)C)cc2cc[nH]c12.O=C(CCn1ccnn1)N1CCCCC1. The summed E-state index contributed by atoms with van der Waals surface area (Å²) in [6.45, 7) is 2.49. The number of rotatable bonds is 6. The first-order chi connectivity index (χ1) is 18.0. The van der Waals surface area contributed by atoms with E-state index in [1.807, 2.05) is 53.6 Å². The Balaban J connectivity index is 0.000000186. The number of piperidine rings is 1. The third kappa shape index (κ3) is 6.35. The maximum atomic E-state index is 12.3. The van der Waals surface area contributed by atoms with Gasteiger partial charge in [0.15, 0.2) is 0 Å². The van der Waals surface area contributed by atoms with Gasteiger partial charge < -0.3 is 19.5 Å². The number of hydrogen-bond donors (Lipinski definition) is 1. The first-order valence-electron chi connectivity index (χ1n) is 12.6. The molecular weight excluding hydrogens is 468 g/mol. The number of benzene rings is 2. The highest BCUT2D eigenvalue weighted by atomic mass is 16.5. The van der Waals surface area contributed by atoms with Crippen molar-refractivity contribution < 1.29 is 14.3 Å². The molecule has 0 radical (unpaired) electrons. The van der Waals surface area contributed by atoms with Crippen molar-refractivity contribution in [2.24, 2.45) is 0 Å². The van der Waals surface area contributed by atoms with Crippen LogP contribution in [-0.4, -0.2) is 75.9 Å². The van der Waals surface area contributed by atoms with Crippen LogP contribution in [-0.2, 0) is 11.3 Å². The van der Waals surface area contributed by atoms with Crippen LogP contribution in [0.2, 0.25) is 0 Å². The zero-order valence-corrected chi connectivity index (χ0v) is 21.7. The lowest BCUT2D eigenvalue weighted by molar-refractivity contribution is -0.132. The molecule has 4 aromatic rings. The molecule has 37 heavy (non-hydrogen) atoms. The van der Waals surface area contributed by atoms with Crippen molar-refractivity contribution in [3.8, 4) is 16.9 Å². The number of carbonyl (C=O) groups is 2. The van der Waals surface area contributed by atoms with E-state index >= 15 is 0 Å². The van der Waals surface area contributed by atoms with Crippen molar-refractivity contribution in [3.05, 3.63) is 66.6 Å². The number of likely N-dealkylation sites (tertiary alicyclic amines) is 1. The zero-order chi connectivity index (χ0) is 26.2. The summed E-state index contributed by atoms with van der Waals surface area (Å²) in [6, 6.07) is 13.6. The van der Waals surface area contributed by atoms with E-state index in [0.717, 1.165) is 53.7 Å². The Bertz CT molecular complexity index is 1320. The first kappa shape index (κ1) is 25.9. The standard InChI is InChI=1S/C18H18N2O2.C10H16N4O/c1-20(2)18(21)13-10-12-8-9-19-17(12)15(11-13)14-6-4-5-7-16(14)22-3;15-10(13-6-2-1-3-7-13)4-8-14-9-5-11-12-14/h4-11,19H,1-3H3;5,9H,1-4,6-8H2. The largest absolute Gasteiger partial charge is 0.496 e. The van der Waals surface area contributed by atoms with E-state index in [0.29, 0.717) is 18.5 Å². The van der Waals surface area contributed by atoms with Crippen LogP contribution in [0, 0.1) is 0 Å². The fourth-order valence-electron chi connectivity index (χ4n) is 4.50. The third-order valence-electron chi connectivity index (χ3n) is 6.45. The number of ether oxygens (including phenoxy) is 1. The lowest BCUT2D eigenvalue weighted by Gasteiger charge is -2.26. The number of fused-ring (bicyclic) bond motifs is 1. The van der Waals surface area contributed by atoms with Crippen LogP contribution in [0.1, 0.15) is 36.0 Å². The fourth-order valence-corrected chi connectivity index (χ4v) is 4.50. The normalized spacial score (nSPS) is 13.1. The quantitative estimate of drug-likeness (QED) is 0.426. The monoisotopic (exact) mass is 502 g/mol. The van der Waals surface area contributed by atoms with Crippen molar-refractivity contribution >= 4 is 22.7 Å². The number of aryl methyl sites for hydroxylation is 1. The summed E-state index contributed by atoms with van der Waals surface area (Å²) in [5.74, 6) is 1.01. The number of nitrogens with zero attached hydrogens (tertiary/aromatic N) is 5. The summed E-state index contributed by atoms with van der Waals surface area (Å²) in [6.07, 6.45) is 9.38. The molecule has 1 fully saturated rings. The molecule has 5 rings (SSSR count). The van der Waals surface area contributed by atoms with Crippen LogP contribution in [0.25, 0.3) is 22.0 Å². The van der Waals surface area contributed by atoms with E-state index in [-0.39, 0.29) is 11.8 Å². The van der Waals surface area contributed by atoms with Gasteiger partial charge in [0, 0.05) is 68.1 Å². The summed E-state index contributed by atoms with van der Waals surface area (Å²) < 4.78 is 7.16. The molecule has 9 heteroatoms. The Morgan fingerprint density at radius 3 is 2.54 bits per heavy atom. The number of carbonyl (C=O) groups excluding carboxylic acids is 2. The number of aromatic amines is 1. The van der Waals surface area contributed by atoms with Crippen molar-refractivity contribution in [3.63, 3.8) is 0 Å². The molecule has 0 aliphatic carbocycles. The number of amides is 2. The average molecular weight is 503 g/mol. The molecule has 0 unspecified atom stereocenters. The zero-order valence-electron chi connectivity index (χ0n) is 21.7. The Labute approximate surface area is 217 Å². The predicted molar refractivity (Wildman–Crippen MR) is 143 cm³/mol. The predicted octanol–water partition coefficient (Wildman–Crippen LogP) is 4.23. The third-order valence-corrected chi connectivity index (χ3v) is 6.45. The number of nitrogens with one attached hydrogen (secondary N) is 1. The summed E-state index contributed by atoms with van der Waals surface area (Å²) in [7, 11) is 5.17. The van der Waals surface area contributed by atoms with Crippen LogP contribution >= 0.6 is 0 Å². The maximum absolute atomic E-state index is 12.3. The van der Waals surface area contributed by atoms with Crippen LogP contribution in [0.5, 0.6) is 5.75 Å². The first-order valence-corrected chi connectivity index (χ1v) is 12.6. The molecule has 1 saturated heterocycles. The molecule has 0 atom stereocenters. The second-order valence-electron chi connectivity index (χ2n) is 9.22. The van der Waals surface area contributed by atoms with Crippen molar-refractivity contribution in [1.29, 1.82) is 0 Å². The minimum atomic E-state index is -0.0146. The molecule has 3 heterocycles. The van der Waals surface area contributed by atoms with Crippen molar-refractivity contribution in [2.45, 2.75) is 32.2 Å². The van der Waals surface area contributed by atoms with Gasteiger partial charge in [0.25, 0.3) is 5.91 Å².